The van der Waals surface area contributed by atoms with Crippen molar-refractivity contribution >= 4 is 23.3 Å². The number of fused-ring (bicyclic) bond motifs is 1. The first-order valence-electron chi connectivity index (χ1n) is 10.8. The van der Waals surface area contributed by atoms with E-state index in [4.69, 9.17) is 31.2 Å². The van der Waals surface area contributed by atoms with Crippen molar-refractivity contribution in [2.24, 2.45) is 5.41 Å². The van der Waals surface area contributed by atoms with Crippen LogP contribution in [0.15, 0.2) is 53.7 Å². The molecule has 1 atom stereocenters. The minimum absolute atomic E-state index is 0.104. The molecule has 0 radical (unpaired) electrons. The molecule has 0 amide bonds. The highest BCUT2D eigenvalue weighted by Gasteiger charge is 2.42. The molecule has 0 saturated carbocycles. The molecule has 2 aliphatic rings. The highest BCUT2D eigenvalue weighted by molar-refractivity contribution is 6.31. The van der Waals surface area contributed by atoms with Gasteiger partial charge in [0.05, 0.1) is 14.2 Å². The van der Waals surface area contributed by atoms with E-state index in [1.807, 2.05) is 42.5 Å². The van der Waals surface area contributed by atoms with E-state index in [2.05, 4.69) is 19.2 Å². The second-order valence-electron chi connectivity index (χ2n) is 9.16. The molecule has 0 fully saturated rings. The van der Waals surface area contributed by atoms with Gasteiger partial charge in [0.1, 0.15) is 6.04 Å². The van der Waals surface area contributed by atoms with Crippen molar-refractivity contribution in [3.8, 4) is 22.9 Å². The van der Waals surface area contributed by atoms with Gasteiger partial charge in [-0.3, -0.25) is 4.79 Å². The van der Waals surface area contributed by atoms with E-state index in [0.717, 1.165) is 23.2 Å². The predicted molar refractivity (Wildman–Crippen MR) is 127 cm³/mol. The van der Waals surface area contributed by atoms with E-state index < -0.39 is 6.04 Å². The Morgan fingerprint density at radius 2 is 1.85 bits per heavy atom. The molecule has 8 heteroatoms. The van der Waals surface area contributed by atoms with Gasteiger partial charge in [0, 0.05) is 33.8 Å². The number of Topliss-reactive ketones (excluding diaryl/α,β-unsaturated/α-hetero) is 1. The maximum atomic E-state index is 13.3. The first kappa shape index (κ1) is 21.5. The van der Waals surface area contributed by atoms with Crippen molar-refractivity contribution in [3.05, 3.63) is 64.3 Å². The fourth-order valence-electron chi connectivity index (χ4n) is 4.69. The van der Waals surface area contributed by atoms with Crippen LogP contribution >= 0.6 is 11.6 Å². The third-order valence-corrected chi connectivity index (χ3v) is 6.52. The molecule has 2 aromatic carbocycles. The highest BCUT2D eigenvalue weighted by atomic mass is 35.5. The van der Waals surface area contributed by atoms with Gasteiger partial charge in [0.2, 0.25) is 5.95 Å². The third kappa shape index (κ3) is 3.66. The number of ketones is 1. The van der Waals surface area contributed by atoms with Crippen LogP contribution in [0.2, 0.25) is 5.02 Å². The average Bonchev–Trinajstić information content (AvgIpc) is 3.20. The molecule has 3 aromatic rings. The van der Waals surface area contributed by atoms with Crippen LogP contribution in [0.3, 0.4) is 0 Å². The molecular formula is C25H25ClN4O3. The largest absolute Gasteiger partial charge is 0.493 e. The van der Waals surface area contributed by atoms with E-state index in [0.29, 0.717) is 40.3 Å². The molecule has 0 saturated heterocycles. The summed E-state index contributed by atoms with van der Waals surface area (Å²) in [5.74, 6) is 2.42. The van der Waals surface area contributed by atoms with Gasteiger partial charge < -0.3 is 14.8 Å². The van der Waals surface area contributed by atoms with Crippen molar-refractivity contribution in [1.29, 1.82) is 0 Å². The molecule has 1 aliphatic carbocycles. The number of anilines is 1. The Morgan fingerprint density at radius 1 is 1.09 bits per heavy atom. The molecular weight excluding hydrogens is 440 g/mol. The summed E-state index contributed by atoms with van der Waals surface area (Å²) in [6.45, 7) is 4.21. The highest BCUT2D eigenvalue weighted by Crippen LogP contribution is 2.47. The number of hydrogen-bond donors (Lipinski definition) is 1. The second kappa shape index (κ2) is 7.92. The summed E-state index contributed by atoms with van der Waals surface area (Å²) in [6.07, 6.45) is 1.22. The molecule has 1 N–H and O–H groups in total. The van der Waals surface area contributed by atoms with Crippen LogP contribution < -0.4 is 14.8 Å². The van der Waals surface area contributed by atoms with Gasteiger partial charge in [-0.05, 0) is 36.1 Å². The van der Waals surface area contributed by atoms with Crippen LogP contribution in [0, 0.1) is 5.41 Å². The molecule has 170 valence electrons. The lowest BCUT2D eigenvalue weighted by molar-refractivity contribution is -0.118. The number of carbonyl (C=O) groups is 1. The first-order valence-corrected chi connectivity index (χ1v) is 11.2. The number of hydrogen-bond acceptors (Lipinski definition) is 6. The van der Waals surface area contributed by atoms with Gasteiger partial charge in [-0.2, -0.15) is 4.98 Å². The Labute approximate surface area is 197 Å². The Morgan fingerprint density at radius 3 is 2.58 bits per heavy atom. The summed E-state index contributed by atoms with van der Waals surface area (Å²) in [4.78, 5) is 18.1. The lowest BCUT2D eigenvalue weighted by atomic mass is 9.73. The quantitative estimate of drug-likeness (QED) is 0.566. The van der Waals surface area contributed by atoms with E-state index in [-0.39, 0.29) is 11.2 Å². The topological polar surface area (TPSA) is 78.3 Å². The molecule has 5 rings (SSSR count). The predicted octanol–water partition coefficient (Wildman–Crippen LogP) is 5.27. The Bertz CT molecular complexity index is 1290. The Kier molecular flexibility index (Phi) is 5.16. The SMILES string of the molecule is COc1ccc(-c2nc3n(n2)[C@H](c2ccccc2Cl)C2=C(CC(C)(C)CC2=O)N3)cc1OC. The lowest BCUT2D eigenvalue weighted by Crippen LogP contribution is -2.36. The van der Waals surface area contributed by atoms with Gasteiger partial charge in [-0.15, -0.1) is 5.10 Å². The molecule has 0 unspecified atom stereocenters. The second-order valence-corrected chi connectivity index (χ2v) is 9.56. The number of halogens is 1. The van der Waals surface area contributed by atoms with Gasteiger partial charge in [-0.1, -0.05) is 43.6 Å². The van der Waals surface area contributed by atoms with Crippen LogP contribution in [-0.4, -0.2) is 34.8 Å². The van der Waals surface area contributed by atoms with Crippen LogP contribution in [-0.2, 0) is 4.79 Å². The van der Waals surface area contributed by atoms with Crippen molar-refractivity contribution in [2.45, 2.75) is 32.7 Å². The van der Waals surface area contributed by atoms with Gasteiger partial charge in [0.15, 0.2) is 23.1 Å². The van der Waals surface area contributed by atoms with Crippen molar-refractivity contribution in [2.75, 3.05) is 19.5 Å². The summed E-state index contributed by atoms with van der Waals surface area (Å²) in [7, 11) is 3.19. The Balaban J connectivity index is 1.67. The zero-order valence-electron chi connectivity index (χ0n) is 19.0. The van der Waals surface area contributed by atoms with Gasteiger partial charge >= 0.3 is 0 Å². The molecule has 0 bridgehead atoms. The number of benzene rings is 2. The summed E-state index contributed by atoms with van der Waals surface area (Å²) >= 11 is 6.61. The zero-order valence-corrected chi connectivity index (χ0v) is 19.7. The molecule has 7 nitrogen and oxygen atoms in total. The maximum Gasteiger partial charge on any atom is 0.226 e. The summed E-state index contributed by atoms with van der Waals surface area (Å²) in [5.41, 5.74) is 3.06. The monoisotopic (exact) mass is 464 g/mol. The van der Waals surface area contributed by atoms with E-state index in [1.54, 1.807) is 18.9 Å². The summed E-state index contributed by atoms with van der Waals surface area (Å²) in [6, 6.07) is 12.7. The number of rotatable bonds is 4. The molecule has 1 aliphatic heterocycles. The standard InChI is InChI=1S/C25H25ClN4O3/c1-25(2)12-17-21(18(31)13-25)22(15-7-5-6-8-16(15)26)30-24(27-17)28-23(29-30)14-9-10-19(32-3)20(11-14)33-4/h5-11,22H,12-13H2,1-4H3,(H,27,28,29)/t22-/m1/s1. The third-order valence-electron chi connectivity index (χ3n) is 6.17. The normalized spacial score (nSPS) is 18.9. The molecule has 1 aromatic heterocycles. The average molecular weight is 465 g/mol. The van der Waals surface area contributed by atoms with E-state index in [9.17, 15) is 4.79 Å². The molecule has 2 heterocycles. The van der Waals surface area contributed by atoms with Crippen molar-refractivity contribution in [3.63, 3.8) is 0 Å². The summed E-state index contributed by atoms with van der Waals surface area (Å²) in [5, 5.41) is 8.80. The Hall–Kier alpha value is -3.32. The minimum atomic E-state index is -0.449. The number of carbonyl (C=O) groups excluding carboxylic acids is 1. The summed E-state index contributed by atoms with van der Waals surface area (Å²) < 4.78 is 12.6. The smallest absolute Gasteiger partial charge is 0.226 e. The van der Waals surface area contributed by atoms with Crippen molar-refractivity contribution < 1.29 is 14.3 Å². The van der Waals surface area contributed by atoms with E-state index >= 15 is 0 Å². The van der Waals surface area contributed by atoms with Crippen LogP contribution in [0.1, 0.15) is 38.3 Å². The van der Waals surface area contributed by atoms with Gasteiger partial charge in [-0.25, -0.2) is 4.68 Å². The van der Waals surface area contributed by atoms with Crippen LogP contribution in [0.25, 0.3) is 11.4 Å². The van der Waals surface area contributed by atoms with Crippen LogP contribution in [0.4, 0.5) is 5.95 Å². The number of allylic oxidation sites excluding steroid dienone is 2. The molecule has 0 spiro atoms. The number of ether oxygens (including phenoxy) is 2. The lowest BCUT2D eigenvalue weighted by Gasteiger charge is -2.38. The fraction of sp³-hybridized carbons (Fsp3) is 0.320. The van der Waals surface area contributed by atoms with Crippen molar-refractivity contribution in [1.82, 2.24) is 14.8 Å². The number of methoxy groups -OCH3 is 2. The molecule has 33 heavy (non-hydrogen) atoms. The van der Waals surface area contributed by atoms with Gasteiger partial charge in [0.25, 0.3) is 0 Å². The fourth-order valence-corrected chi connectivity index (χ4v) is 4.93. The maximum absolute atomic E-state index is 13.3. The minimum Gasteiger partial charge on any atom is -0.493 e. The van der Waals surface area contributed by atoms with E-state index in [1.165, 1.54) is 0 Å². The van der Waals surface area contributed by atoms with Crippen LogP contribution in [0.5, 0.6) is 11.5 Å². The number of aromatic nitrogens is 3. The zero-order chi connectivity index (χ0) is 23.3. The first-order chi connectivity index (χ1) is 15.8. The number of nitrogens with zero attached hydrogens (tertiary/aromatic N) is 3. The number of nitrogens with one attached hydrogen (secondary N) is 1.